The van der Waals surface area contributed by atoms with Crippen LogP contribution >= 0.6 is 0 Å². The number of esters is 2. The second-order valence-electron chi connectivity index (χ2n) is 6.29. The van der Waals surface area contributed by atoms with E-state index in [1.54, 1.807) is 32.9 Å². The molecule has 2 aromatic rings. The van der Waals surface area contributed by atoms with Crippen LogP contribution in [0.3, 0.4) is 0 Å². The third kappa shape index (κ3) is 4.94. The van der Waals surface area contributed by atoms with Gasteiger partial charge in [0.15, 0.2) is 5.69 Å². The number of ether oxygens (including phenoxy) is 3. The summed E-state index contributed by atoms with van der Waals surface area (Å²) in [6, 6.07) is 4.43. The molecule has 30 heavy (non-hydrogen) atoms. The SMILES string of the molecule is CCOC(=O)c1nnn([C@H](CC)C(=O)Nc2cc(C)ccc2OC)c1C(=O)OCC. The number of aryl methyl sites for hydroxylation is 1. The highest BCUT2D eigenvalue weighted by molar-refractivity contribution is 6.01. The number of carbonyl (C=O) groups excluding carboxylic acids is 3. The monoisotopic (exact) mass is 418 g/mol. The fourth-order valence-electron chi connectivity index (χ4n) is 2.84. The van der Waals surface area contributed by atoms with E-state index in [4.69, 9.17) is 14.2 Å². The highest BCUT2D eigenvalue weighted by atomic mass is 16.5. The van der Waals surface area contributed by atoms with Gasteiger partial charge in [0, 0.05) is 0 Å². The Morgan fingerprint density at radius 3 is 2.37 bits per heavy atom. The van der Waals surface area contributed by atoms with Crippen LogP contribution in [-0.4, -0.2) is 53.2 Å². The predicted octanol–water partition coefficient (Wildman–Crippen LogP) is 2.54. The molecule has 0 saturated carbocycles. The standard InChI is InChI=1S/C20H26N4O6/c1-6-14(18(25)21-13-11-12(4)9-10-15(13)28-5)24-17(20(27)30-8-3)16(22-23-24)19(26)29-7-2/h9-11,14H,6-8H2,1-5H3,(H,21,25)/t14-/m1/s1. The summed E-state index contributed by atoms with van der Waals surface area (Å²) in [5, 5.41) is 10.5. The van der Waals surface area contributed by atoms with Gasteiger partial charge in [0.25, 0.3) is 0 Å². The lowest BCUT2D eigenvalue weighted by molar-refractivity contribution is -0.119. The number of aromatic nitrogens is 3. The molecule has 0 radical (unpaired) electrons. The van der Waals surface area contributed by atoms with Gasteiger partial charge in [0.1, 0.15) is 11.8 Å². The normalized spacial score (nSPS) is 11.5. The van der Waals surface area contributed by atoms with Crippen LogP contribution in [0.1, 0.15) is 59.8 Å². The minimum atomic E-state index is -0.926. The summed E-state index contributed by atoms with van der Waals surface area (Å²) in [5.41, 5.74) is 0.879. The zero-order valence-electron chi connectivity index (χ0n) is 17.7. The zero-order valence-corrected chi connectivity index (χ0v) is 17.7. The first-order valence-corrected chi connectivity index (χ1v) is 9.62. The van der Waals surface area contributed by atoms with Crippen LogP contribution < -0.4 is 10.1 Å². The van der Waals surface area contributed by atoms with Crippen LogP contribution in [0.25, 0.3) is 0 Å². The van der Waals surface area contributed by atoms with Crippen LogP contribution in [-0.2, 0) is 14.3 Å². The number of nitrogens with one attached hydrogen (secondary N) is 1. The quantitative estimate of drug-likeness (QED) is 0.617. The zero-order chi connectivity index (χ0) is 22.3. The van der Waals surface area contributed by atoms with E-state index < -0.39 is 23.9 Å². The lowest BCUT2D eigenvalue weighted by atomic mass is 10.1. The Hall–Kier alpha value is -3.43. The Labute approximate surface area is 174 Å². The van der Waals surface area contributed by atoms with E-state index in [2.05, 4.69) is 15.6 Å². The first kappa shape index (κ1) is 22.9. The number of hydrogen-bond donors (Lipinski definition) is 1. The van der Waals surface area contributed by atoms with Crippen molar-refractivity contribution >= 4 is 23.5 Å². The molecule has 2 rings (SSSR count). The molecular formula is C20H26N4O6. The van der Waals surface area contributed by atoms with Crippen molar-refractivity contribution < 1.29 is 28.6 Å². The van der Waals surface area contributed by atoms with Gasteiger partial charge >= 0.3 is 11.9 Å². The summed E-state index contributed by atoms with van der Waals surface area (Å²) in [7, 11) is 1.50. The van der Waals surface area contributed by atoms with E-state index >= 15 is 0 Å². The minimum Gasteiger partial charge on any atom is -0.495 e. The molecule has 1 atom stereocenters. The second-order valence-corrected chi connectivity index (χ2v) is 6.29. The summed E-state index contributed by atoms with van der Waals surface area (Å²) in [6.45, 7) is 7.06. The third-order valence-electron chi connectivity index (χ3n) is 4.23. The smallest absolute Gasteiger partial charge is 0.361 e. The van der Waals surface area contributed by atoms with E-state index in [-0.39, 0.29) is 31.0 Å². The number of nitrogens with zero attached hydrogens (tertiary/aromatic N) is 3. The summed E-state index contributed by atoms with van der Waals surface area (Å²) in [5.74, 6) is -1.60. The van der Waals surface area contributed by atoms with Gasteiger partial charge in [-0.1, -0.05) is 18.2 Å². The highest BCUT2D eigenvalue weighted by Gasteiger charge is 2.33. The Balaban J connectivity index is 2.44. The average molecular weight is 418 g/mol. The van der Waals surface area contributed by atoms with Crippen molar-refractivity contribution in [3.8, 4) is 5.75 Å². The van der Waals surface area contributed by atoms with Gasteiger partial charge in [-0.15, -0.1) is 5.10 Å². The van der Waals surface area contributed by atoms with Crippen LogP contribution in [0, 0.1) is 6.92 Å². The highest BCUT2D eigenvalue weighted by Crippen LogP contribution is 2.27. The second kappa shape index (κ2) is 10.4. The lowest BCUT2D eigenvalue weighted by Crippen LogP contribution is -2.30. The number of hydrogen-bond acceptors (Lipinski definition) is 8. The summed E-state index contributed by atoms with van der Waals surface area (Å²) in [6.07, 6.45) is 0.276. The Kier molecular flexibility index (Phi) is 7.90. The third-order valence-corrected chi connectivity index (χ3v) is 4.23. The number of benzene rings is 1. The van der Waals surface area contributed by atoms with Crippen molar-refractivity contribution in [2.45, 2.75) is 40.2 Å². The molecule has 0 bridgehead atoms. The van der Waals surface area contributed by atoms with Crippen molar-refractivity contribution in [3.05, 3.63) is 35.2 Å². The molecule has 0 fully saturated rings. The van der Waals surface area contributed by atoms with Crippen LogP contribution in [0.5, 0.6) is 5.75 Å². The Morgan fingerprint density at radius 1 is 1.10 bits per heavy atom. The molecule has 0 aliphatic rings. The molecule has 1 heterocycles. The molecule has 162 valence electrons. The van der Waals surface area contributed by atoms with E-state index in [0.717, 1.165) is 10.2 Å². The summed E-state index contributed by atoms with van der Waals surface area (Å²) >= 11 is 0. The number of methoxy groups -OCH3 is 1. The molecule has 0 aliphatic carbocycles. The van der Waals surface area contributed by atoms with Gasteiger partial charge in [-0.25, -0.2) is 14.3 Å². The Morgan fingerprint density at radius 2 is 1.77 bits per heavy atom. The van der Waals surface area contributed by atoms with Gasteiger partial charge in [0.2, 0.25) is 11.6 Å². The van der Waals surface area contributed by atoms with E-state index in [9.17, 15) is 14.4 Å². The van der Waals surface area contributed by atoms with Crippen molar-refractivity contribution in [3.63, 3.8) is 0 Å². The molecule has 1 aromatic heterocycles. The molecule has 1 N–H and O–H groups in total. The molecule has 0 saturated heterocycles. The van der Waals surface area contributed by atoms with E-state index in [0.29, 0.717) is 11.4 Å². The van der Waals surface area contributed by atoms with Crippen LogP contribution in [0.2, 0.25) is 0 Å². The maximum atomic E-state index is 13.0. The van der Waals surface area contributed by atoms with Gasteiger partial charge in [-0.2, -0.15) is 0 Å². The molecule has 0 aliphatic heterocycles. The minimum absolute atomic E-state index is 0.0791. The molecular weight excluding hydrogens is 392 g/mol. The number of rotatable bonds is 9. The first-order valence-electron chi connectivity index (χ1n) is 9.62. The van der Waals surface area contributed by atoms with E-state index in [1.807, 2.05) is 13.0 Å². The molecule has 10 heteroatoms. The van der Waals surface area contributed by atoms with Gasteiger partial charge in [0.05, 0.1) is 26.0 Å². The lowest BCUT2D eigenvalue weighted by Gasteiger charge is -2.18. The maximum Gasteiger partial charge on any atom is 0.361 e. The average Bonchev–Trinajstić information content (AvgIpc) is 3.14. The fraction of sp³-hybridized carbons (Fsp3) is 0.450. The van der Waals surface area contributed by atoms with Crippen LogP contribution in [0.4, 0.5) is 5.69 Å². The molecule has 0 spiro atoms. The van der Waals surface area contributed by atoms with Gasteiger partial charge in [-0.3, -0.25) is 4.79 Å². The number of carbonyl (C=O) groups is 3. The number of anilines is 1. The topological polar surface area (TPSA) is 122 Å². The van der Waals surface area contributed by atoms with Gasteiger partial charge < -0.3 is 19.5 Å². The van der Waals surface area contributed by atoms with Crippen molar-refractivity contribution in [2.24, 2.45) is 0 Å². The number of amides is 1. The van der Waals surface area contributed by atoms with Gasteiger partial charge in [-0.05, 0) is 44.9 Å². The molecule has 10 nitrogen and oxygen atoms in total. The Bertz CT molecular complexity index is 924. The predicted molar refractivity (Wildman–Crippen MR) is 108 cm³/mol. The largest absolute Gasteiger partial charge is 0.495 e. The molecule has 0 unspecified atom stereocenters. The molecule has 1 aromatic carbocycles. The van der Waals surface area contributed by atoms with Crippen molar-refractivity contribution in [1.29, 1.82) is 0 Å². The summed E-state index contributed by atoms with van der Waals surface area (Å²) in [4.78, 5) is 37.8. The van der Waals surface area contributed by atoms with Crippen molar-refractivity contribution in [2.75, 3.05) is 25.6 Å². The summed E-state index contributed by atoms with van der Waals surface area (Å²) < 4.78 is 16.4. The molecule has 1 amide bonds. The fourth-order valence-corrected chi connectivity index (χ4v) is 2.84. The maximum absolute atomic E-state index is 13.0. The first-order chi connectivity index (χ1) is 14.4. The van der Waals surface area contributed by atoms with Crippen LogP contribution in [0.15, 0.2) is 18.2 Å². The van der Waals surface area contributed by atoms with Crippen molar-refractivity contribution in [1.82, 2.24) is 15.0 Å². The van der Waals surface area contributed by atoms with E-state index in [1.165, 1.54) is 7.11 Å².